The molecule has 3 heteroatoms. The summed E-state index contributed by atoms with van der Waals surface area (Å²) in [5.74, 6) is -0.761. The van der Waals surface area contributed by atoms with E-state index in [9.17, 15) is 8.78 Å². The molecular weight excluding hydrogens is 196 g/mol. The molecule has 0 heterocycles. The molecule has 0 amide bonds. The molecule has 0 bridgehead atoms. The van der Waals surface area contributed by atoms with Gasteiger partial charge in [-0.3, -0.25) is 0 Å². The second-order valence-corrected chi connectivity index (χ2v) is 3.70. The molecule has 1 N–H and O–H groups in total. The van der Waals surface area contributed by atoms with Crippen LogP contribution in [0.5, 0.6) is 0 Å². The van der Waals surface area contributed by atoms with E-state index in [0.29, 0.717) is 0 Å². The summed E-state index contributed by atoms with van der Waals surface area (Å²) in [6, 6.07) is 3.76. The fourth-order valence-electron chi connectivity index (χ4n) is 1.74. The SMILES string of the molecule is CCC(CCNC)c1cc(F)cc(F)c1. The highest BCUT2D eigenvalue weighted by atomic mass is 19.1. The van der Waals surface area contributed by atoms with E-state index in [1.54, 1.807) is 0 Å². The molecule has 1 atom stereocenters. The minimum Gasteiger partial charge on any atom is -0.320 e. The van der Waals surface area contributed by atoms with Crippen molar-refractivity contribution < 1.29 is 8.78 Å². The van der Waals surface area contributed by atoms with Crippen LogP contribution in [-0.4, -0.2) is 13.6 Å². The van der Waals surface area contributed by atoms with Crippen LogP contribution in [0.1, 0.15) is 31.2 Å². The summed E-state index contributed by atoms with van der Waals surface area (Å²) < 4.78 is 26.0. The number of nitrogens with one attached hydrogen (secondary N) is 1. The van der Waals surface area contributed by atoms with Gasteiger partial charge in [0.15, 0.2) is 0 Å². The highest BCUT2D eigenvalue weighted by Gasteiger charge is 2.11. The molecule has 1 rings (SSSR count). The Balaban J connectivity index is 2.81. The Bertz CT molecular complexity index is 292. The molecule has 0 fully saturated rings. The first-order valence-corrected chi connectivity index (χ1v) is 5.28. The van der Waals surface area contributed by atoms with Crippen molar-refractivity contribution in [1.82, 2.24) is 5.32 Å². The first-order chi connectivity index (χ1) is 7.17. The van der Waals surface area contributed by atoms with Crippen molar-refractivity contribution in [3.05, 3.63) is 35.4 Å². The van der Waals surface area contributed by atoms with E-state index in [0.717, 1.165) is 31.0 Å². The molecule has 1 unspecified atom stereocenters. The smallest absolute Gasteiger partial charge is 0.126 e. The van der Waals surface area contributed by atoms with Gasteiger partial charge in [0.2, 0.25) is 0 Å². The van der Waals surface area contributed by atoms with Crippen LogP contribution < -0.4 is 5.32 Å². The Morgan fingerprint density at radius 1 is 1.20 bits per heavy atom. The molecule has 1 aromatic rings. The van der Waals surface area contributed by atoms with Gasteiger partial charge in [-0.1, -0.05) is 6.92 Å². The van der Waals surface area contributed by atoms with Crippen LogP contribution in [0.3, 0.4) is 0 Å². The van der Waals surface area contributed by atoms with Crippen molar-refractivity contribution in [3.8, 4) is 0 Å². The highest BCUT2D eigenvalue weighted by molar-refractivity contribution is 5.21. The van der Waals surface area contributed by atoms with E-state index in [1.165, 1.54) is 12.1 Å². The standard InChI is InChI=1S/C12H17F2N/c1-3-9(4-5-15-2)10-6-11(13)8-12(14)7-10/h6-9,15H,3-5H2,1-2H3. The zero-order valence-corrected chi connectivity index (χ0v) is 9.19. The lowest BCUT2D eigenvalue weighted by Gasteiger charge is -2.15. The minimum absolute atomic E-state index is 0.225. The van der Waals surface area contributed by atoms with Gasteiger partial charge in [0.1, 0.15) is 11.6 Å². The maximum absolute atomic E-state index is 13.0. The van der Waals surface area contributed by atoms with E-state index < -0.39 is 11.6 Å². The third-order valence-corrected chi connectivity index (χ3v) is 2.59. The molecule has 15 heavy (non-hydrogen) atoms. The summed E-state index contributed by atoms with van der Waals surface area (Å²) in [5.41, 5.74) is 0.755. The lowest BCUT2D eigenvalue weighted by Crippen LogP contribution is -2.12. The summed E-state index contributed by atoms with van der Waals surface area (Å²) in [4.78, 5) is 0. The molecule has 0 saturated carbocycles. The van der Waals surface area contributed by atoms with E-state index in [2.05, 4.69) is 5.32 Å². The van der Waals surface area contributed by atoms with Crippen molar-refractivity contribution in [1.29, 1.82) is 0 Å². The van der Waals surface area contributed by atoms with Gasteiger partial charge in [-0.25, -0.2) is 8.78 Å². The van der Waals surface area contributed by atoms with Gasteiger partial charge in [0.05, 0.1) is 0 Å². The Labute approximate surface area is 89.5 Å². The first kappa shape index (κ1) is 12.1. The summed E-state index contributed by atoms with van der Waals surface area (Å²) in [5, 5.41) is 3.04. The van der Waals surface area contributed by atoms with Crippen LogP contribution in [0.25, 0.3) is 0 Å². The van der Waals surface area contributed by atoms with Crippen molar-refractivity contribution in [2.45, 2.75) is 25.7 Å². The lowest BCUT2D eigenvalue weighted by atomic mass is 9.93. The number of benzene rings is 1. The topological polar surface area (TPSA) is 12.0 Å². The molecule has 0 aliphatic rings. The zero-order chi connectivity index (χ0) is 11.3. The van der Waals surface area contributed by atoms with E-state index in [-0.39, 0.29) is 5.92 Å². The normalized spacial score (nSPS) is 12.8. The van der Waals surface area contributed by atoms with Gasteiger partial charge in [-0.15, -0.1) is 0 Å². The summed E-state index contributed by atoms with van der Waals surface area (Å²) in [7, 11) is 1.87. The van der Waals surface area contributed by atoms with Crippen LogP contribution >= 0.6 is 0 Å². The van der Waals surface area contributed by atoms with E-state index in [4.69, 9.17) is 0 Å². The molecular formula is C12H17F2N. The number of rotatable bonds is 5. The number of hydrogen-bond donors (Lipinski definition) is 1. The maximum atomic E-state index is 13.0. The molecule has 84 valence electrons. The van der Waals surface area contributed by atoms with E-state index in [1.807, 2.05) is 14.0 Å². The minimum atomic E-state index is -0.493. The molecule has 0 aliphatic carbocycles. The molecule has 1 aromatic carbocycles. The summed E-state index contributed by atoms with van der Waals surface area (Å²) in [6.45, 7) is 2.89. The second-order valence-electron chi connectivity index (χ2n) is 3.70. The average Bonchev–Trinajstić information content (AvgIpc) is 2.17. The quantitative estimate of drug-likeness (QED) is 0.792. The fraction of sp³-hybridized carbons (Fsp3) is 0.500. The lowest BCUT2D eigenvalue weighted by molar-refractivity contribution is 0.550. The fourth-order valence-corrected chi connectivity index (χ4v) is 1.74. The Kier molecular flexibility index (Phi) is 4.69. The molecule has 1 nitrogen and oxygen atoms in total. The monoisotopic (exact) mass is 213 g/mol. The van der Waals surface area contributed by atoms with Gasteiger partial charge in [0.25, 0.3) is 0 Å². The first-order valence-electron chi connectivity index (χ1n) is 5.28. The average molecular weight is 213 g/mol. The molecule has 0 spiro atoms. The van der Waals surface area contributed by atoms with Gasteiger partial charge in [-0.05, 0) is 50.0 Å². The van der Waals surface area contributed by atoms with Crippen molar-refractivity contribution in [2.75, 3.05) is 13.6 Å². The molecule has 0 radical (unpaired) electrons. The molecule has 0 saturated heterocycles. The van der Waals surface area contributed by atoms with E-state index >= 15 is 0 Å². The van der Waals surface area contributed by atoms with Crippen LogP contribution in [0.15, 0.2) is 18.2 Å². The van der Waals surface area contributed by atoms with Crippen LogP contribution in [0.4, 0.5) is 8.78 Å². The predicted octanol–water partition coefficient (Wildman–Crippen LogP) is 3.07. The maximum Gasteiger partial charge on any atom is 0.126 e. The van der Waals surface area contributed by atoms with Crippen molar-refractivity contribution >= 4 is 0 Å². The third-order valence-electron chi connectivity index (χ3n) is 2.59. The Morgan fingerprint density at radius 2 is 1.80 bits per heavy atom. The van der Waals surface area contributed by atoms with Gasteiger partial charge >= 0.3 is 0 Å². The van der Waals surface area contributed by atoms with Gasteiger partial charge < -0.3 is 5.32 Å². The zero-order valence-electron chi connectivity index (χ0n) is 9.19. The predicted molar refractivity (Wildman–Crippen MR) is 57.9 cm³/mol. The van der Waals surface area contributed by atoms with Crippen molar-refractivity contribution in [3.63, 3.8) is 0 Å². The molecule has 0 aliphatic heterocycles. The Hall–Kier alpha value is -0.960. The van der Waals surface area contributed by atoms with Gasteiger partial charge in [0, 0.05) is 6.07 Å². The third kappa shape index (κ3) is 3.59. The molecule has 0 aromatic heterocycles. The Morgan fingerprint density at radius 3 is 2.27 bits per heavy atom. The second kappa shape index (κ2) is 5.81. The van der Waals surface area contributed by atoms with Crippen molar-refractivity contribution in [2.24, 2.45) is 0 Å². The number of hydrogen-bond acceptors (Lipinski definition) is 1. The number of halogens is 2. The summed E-state index contributed by atoms with van der Waals surface area (Å²) in [6.07, 6.45) is 1.79. The van der Waals surface area contributed by atoms with Crippen LogP contribution in [0.2, 0.25) is 0 Å². The van der Waals surface area contributed by atoms with Crippen LogP contribution in [0, 0.1) is 11.6 Å². The van der Waals surface area contributed by atoms with Gasteiger partial charge in [-0.2, -0.15) is 0 Å². The highest BCUT2D eigenvalue weighted by Crippen LogP contribution is 2.24. The summed E-state index contributed by atoms with van der Waals surface area (Å²) >= 11 is 0. The largest absolute Gasteiger partial charge is 0.320 e. The van der Waals surface area contributed by atoms with Crippen LogP contribution in [-0.2, 0) is 0 Å².